The molecule has 4 aromatic heterocycles. The second-order valence-corrected chi connectivity index (χ2v) is 13.5. The molecule has 0 saturated heterocycles. The number of pyridine rings is 1. The van der Waals surface area contributed by atoms with Gasteiger partial charge in [-0.15, -0.1) is 40.0 Å². The van der Waals surface area contributed by atoms with Crippen molar-refractivity contribution < 1.29 is 24.5 Å². The quantitative estimate of drug-likeness (QED) is 0.174. The first-order valence-corrected chi connectivity index (χ1v) is 15.2. The van der Waals surface area contributed by atoms with Crippen molar-refractivity contribution in [1.82, 2.24) is 44.5 Å². The van der Waals surface area contributed by atoms with Gasteiger partial charge in [-0.25, -0.2) is 9.37 Å². The molecule has 0 unspecified atom stereocenters. The molecule has 1 aliphatic rings. The largest absolute Gasteiger partial charge is 0.301 e. The number of aromatic nitrogens is 9. The van der Waals surface area contributed by atoms with Crippen molar-refractivity contribution in [2.24, 2.45) is 5.41 Å². The Bertz CT molecular complexity index is 2240. The second kappa shape index (κ2) is 10.7. The van der Waals surface area contributed by atoms with Crippen LogP contribution in [0.3, 0.4) is 0 Å². The number of fused-ring (bicyclic) bond motifs is 3. The van der Waals surface area contributed by atoms with Gasteiger partial charge in [-0.3, -0.25) is 4.57 Å². The number of para-hydroxylation sites is 3. The van der Waals surface area contributed by atoms with Crippen LogP contribution in [0.4, 0.5) is 4.39 Å². The van der Waals surface area contributed by atoms with E-state index in [1.807, 2.05) is 54.6 Å². The molecule has 3 aromatic carbocycles. The van der Waals surface area contributed by atoms with Gasteiger partial charge in [0.25, 0.3) is 5.95 Å². The van der Waals surface area contributed by atoms with E-state index in [9.17, 15) is 0 Å². The average molecular weight is 801 g/mol. The Morgan fingerprint density at radius 1 is 0.745 bits per heavy atom. The maximum atomic E-state index is 16.0. The van der Waals surface area contributed by atoms with Crippen LogP contribution in [0, 0.1) is 17.3 Å². The number of halogens is 1. The molecule has 4 heterocycles. The van der Waals surface area contributed by atoms with E-state index in [1.54, 1.807) is 21.8 Å². The van der Waals surface area contributed by atoms with E-state index in [0.29, 0.717) is 22.6 Å². The van der Waals surface area contributed by atoms with Crippen molar-refractivity contribution in [3.8, 4) is 34.5 Å². The van der Waals surface area contributed by atoms with E-state index in [1.165, 1.54) is 17.2 Å². The van der Waals surface area contributed by atoms with Crippen molar-refractivity contribution in [3.05, 3.63) is 102 Å². The summed E-state index contributed by atoms with van der Waals surface area (Å²) in [4.78, 5) is 23.3. The molecule has 0 bridgehead atoms. The van der Waals surface area contributed by atoms with Gasteiger partial charge in [0.2, 0.25) is 5.95 Å². The normalized spacial score (nSPS) is 15.9. The van der Waals surface area contributed by atoms with Gasteiger partial charge in [0.05, 0.1) is 16.6 Å². The van der Waals surface area contributed by atoms with E-state index in [4.69, 9.17) is 15.0 Å². The first-order chi connectivity index (χ1) is 22.0. The maximum Gasteiger partial charge on any atom is 0.257 e. The summed E-state index contributed by atoms with van der Waals surface area (Å²) in [5, 5.41) is 8.58. The summed E-state index contributed by atoms with van der Waals surface area (Å²) in [5.74, 6) is 0.274. The minimum absolute atomic E-state index is 0. The molecule has 1 radical (unpaired) electrons. The summed E-state index contributed by atoms with van der Waals surface area (Å²) in [7, 11) is 0. The van der Waals surface area contributed by atoms with E-state index < -0.39 is 5.82 Å². The molecule has 0 amide bonds. The molecular weight excluding hydrogens is 770 g/mol. The fourth-order valence-electron chi connectivity index (χ4n) is 6.70. The molecule has 0 N–H and O–H groups in total. The smallest absolute Gasteiger partial charge is 0.257 e. The van der Waals surface area contributed by atoms with E-state index in [0.717, 1.165) is 16.6 Å². The van der Waals surface area contributed by atoms with Crippen molar-refractivity contribution in [2.75, 3.05) is 0 Å². The number of nitrogens with zero attached hydrogens (tertiary/aromatic N) is 9. The molecule has 0 fully saturated rings. The fourth-order valence-corrected chi connectivity index (χ4v) is 6.70. The van der Waals surface area contributed by atoms with Gasteiger partial charge in [0, 0.05) is 37.6 Å². The van der Waals surface area contributed by atoms with Crippen LogP contribution in [0.15, 0.2) is 79.3 Å². The maximum absolute atomic E-state index is 16.0. The van der Waals surface area contributed by atoms with Crippen LogP contribution in [0.2, 0.25) is 0 Å². The van der Waals surface area contributed by atoms with Crippen LogP contribution in [-0.2, 0) is 30.9 Å². The van der Waals surface area contributed by atoms with Crippen LogP contribution in [0.25, 0.3) is 56.6 Å². The summed E-state index contributed by atoms with van der Waals surface area (Å²) in [6.07, 6.45) is 3.25. The number of hydrogen-bond donors (Lipinski definition) is 0. The zero-order chi connectivity index (χ0) is 32.0. The topological polar surface area (TPSA) is 100 Å². The van der Waals surface area contributed by atoms with Crippen LogP contribution in [0.1, 0.15) is 52.7 Å². The first kappa shape index (κ1) is 30.9. The number of imidazole rings is 1. The zero-order valence-electron chi connectivity index (χ0n) is 26.7. The molecule has 9 nitrogen and oxygen atoms in total. The Balaban J connectivity index is 0.00000351. The monoisotopic (exact) mass is 801 g/mol. The van der Waals surface area contributed by atoms with Gasteiger partial charge in [-0.05, 0) is 46.6 Å². The fraction of sp³-hybridized carbons (Fsp3) is 0.250. The first-order valence-electron chi connectivity index (χ1n) is 15.2. The van der Waals surface area contributed by atoms with Gasteiger partial charge in [0.1, 0.15) is 17.7 Å². The Morgan fingerprint density at radius 2 is 1.43 bits per heavy atom. The Morgan fingerprint density at radius 3 is 2.19 bits per heavy atom. The van der Waals surface area contributed by atoms with Crippen molar-refractivity contribution >= 4 is 22.1 Å². The van der Waals surface area contributed by atoms with Crippen LogP contribution in [-0.4, -0.2) is 44.5 Å². The Hall–Kier alpha value is -4.73. The SMILES string of the molecule is CC1(C)c2c[c-]c(-c3ncc(-c4nc(-n5cnc6ccccc65)nc(-n5nnc6ccccc65)n4)cc3F)cc2C(C)(C)C1(C)C.[Ir]. The van der Waals surface area contributed by atoms with Gasteiger partial charge >= 0.3 is 0 Å². The molecular formula is C36H31FIrN9-. The van der Waals surface area contributed by atoms with Crippen LogP contribution in [0.5, 0.6) is 0 Å². The Labute approximate surface area is 284 Å². The molecule has 1 aliphatic carbocycles. The van der Waals surface area contributed by atoms with Crippen molar-refractivity contribution in [2.45, 2.75) is 52.4 Å². The molecule has 8 rings (SSSR count). The molecule has 11 heteroatoms. The third-order valence-electron chi connectivity index (χ3n) is 10.6. The van der Waals surface area contributed by atoms with Crippen molar-refractivity contribution in [1.29, 1.82) is 0 Å². The van der Waals surface area contributed by atoms with Gasteiger partial charge in [0.15, 0.2) is 5.82 Å². The summed E-state index contributed by atoms with van der Waals surface area (Å²) in [5.41, 5.74) is 6.46. The van der Waals surface area contributed by atoms with Crippen molar-refractivity contribution in [3.63, 3.8) is 0 Å². The van der Waals surface area contributed by atoms with E-state index in [2.05, 4.69) is 74.0 Å². The van der Waals surface area contributed by atoms with Crippen LogP contribution >= 0.6 is 0 Å². The zero-order valence-corrected chi connectivity index (χ0v) is 29.1. The molecule has 0 saturated carbocycles. The predicted octanol–water partition coefficient (Wildman–Crippen LogP) is 7.21. The number of hydrogen-bond acceptors (Lipinski definition) is 7. The van der Waals surface area contributed by atoms with Gasteiger partial charge in [-0.2, -0.15) is 19.6 Å². The summed E-state index contributed by atoms with van der Waals surface area (Å²) in [6.45, 7) is 13.7. The van der Waals surface area contributed by atoms with Crippen LogP contribution < -0.4 is 0 Å². The van der Waals surface area contributed by atoms with Gasteiger partial charge in [-0.1, -0.05) is 71.0 Å². The third kappa shape index (κ3) is 4.47. The third-order valence-corrected chi connectivity index (χ3v) is 10.6. The minimum Gasteiger partial charge on any atom is -0.301 e. The summed E-state index contributed by atoms with van der Waals surface area (Å²) in [6, 6.07) is 24.0. The van der Waals surface area contributed by atoms with Gasteiger partial charge < -0.3 is 4.98 Å². The van der Waals surface area contributed by atoms with E-state index in [-0.39, 0.29) is 53.8 Å². The average Bonchev–Trinajstić information content (AvgIpc) is 3.71. The molecule has 0 atom stereocenters. The number of rotatable bonds is 4. The standard InChI is InChI=1S/C36H31FN9.Ir/c1-34(2)23-16-15-21(17-24(23)35(3,4)36(34,5)6)30-25(37)18-22(19-38-30)31-40-32(45-20-39-26-11-7-9-13-28(26)45)42-33(41-31)46-29-14-10-8-12-27(29)43-44-46;/h7-14,16-20H,1-6H3;/q-1;. The predicted molar refractivity (Wildman–Crippen MR) is 174 cm³/mol. The summed E-state index contributed by atoms with van der Waals surface area (Å²) < 4.78 is 19.4. The molecule has 7 aromatic rings. The second-order valence-electron chi connectivity index (χ2n) is 13.5. The molecule has 0 spiro atoms. The number of benzene rings is 3. The molecule has 237 valence electrons. The molecule has 0 aliphatic heterocycles. The Kier molecular flexibility index (Phi) is 7.00. The summed E-state index contributed by atoms with van der Waals surface area (Å²) >= 11 is 0. The van der Waals surface area contributed by atoms with E-state index >= 15 is 4.39 Å². The molecule has 47 heavy (non-hydrogen) atoms. The minimum atomic E-state index is -0.495.